The molecule has 2 N–H and O–H groups in total. The lowest BCUT2D eigenvalue weighted by atomic mass is 10.0. The fourth-order valence-corrected chi connectivity index (χ4v) is 2.51. The summed E-state index contributed by atoms with van der Waals surface area (Å²) in [5.74, 6) is 0.00560. The zero-order chi connectivity index (χ0) is 13.1. The molecule has 1 saturated heterocycles. The Bertz CT molecular complexity index is 434. The number of piperazine rings is 1. The number of amides is 1. The fourth-order valence-electron chi connectivity index (χ4n) is 2.51. The third kappa shape index (κ3) is 2.48. The van der Waals surface area contributed by atoms with Crippen LogP contribution < -0.4 is 10.2 Å². The normalized spacial score (nSPS) is 23.9. The van der Waals surface area contributed by atoms with Crippen LogP contribution in [-0.2, 0) is 4.79 Å². The second-order valence-electron chi connectivity index (χ2n) is 4.88. The SMILES string of the molecule is Cc1ccccc1N1CC(C)NC(=O)C1CCO. The van der Waals surface area contributed by atoms with Gasteiger partial charge in [-0.3, -0.25) is 4.79 Å². The summed E-state index contributed by atoms with van der Waals surface area (Å²) in [6.45, 7) is 4.84. The first-order chi connectivity index (χ1) is 8.63. The van der Waals surface area contributed by atoms with Crippen LogP contribution in [0.3, 0.4) is 0 Å². The number of carbonyl (C=O) groups excluding carboxylic acids is 1. The fraction of sp³-hybridized carbons (Fsp3) is 0.500. The predicted octanol–water partition coefficient (Wildman–Crippen LogP) is 1.07. The van der Waals surface area contributed by atoms with E-state index in [1.165, 1.54) is 0 Å². The third-order valence-corrected chi connectivity index (χ3v) is 3.37. The highest BCUT2D eigenvalue weighted by Gasteiger charge is 2.32. The van der Waals surface area contributed by atoms with Crippen molar-refractivity contribution in [3.05, 3.63) is 29.8 Å². The van der Waals surface area contributed by atoms with Gasteiger partial charge in [0.25, 0.3) is 0 Å². The molecule has 18 heavy (non-hydrogen) atoms. The molecule has 0 radical (unpaired) electrons. The first kappa shape index (κ1) is 12.9. The quantitative estimate of drug-likeness (QED) is 0.841. The molecule has 4 nitrogen and oxygen atoms in total. The Morgan fingerprint density at radius 1 is 1.44 bits per heavy atom. The van der Waals surface area contributed by atoms with E-state index in [0.29, 0.717) is 6.42 Å². The van der Waals surface area contributed by atoms with Gasteiger partial charge >= 0.3 is 0 Å². The zero-order valence-electron chi connectivity index (χ0n) is 10.9. The number of hydrogen-bond acceptors (Lipinski definition) is 3. The van der Waals surface area contributed by atoms with E-state index in [1.54, 1.807) is 0 Å². The summed E-state index contributed by atoms with van der Waals surface area (Å²) in [6, 6.07) is 7.91. The van der Waals surface area contributed by atoms with Gasteiger partial charge in [-0.15, -0.1) is 0 Å². The maximum Gasteiger partial charge on any atom is 0.243 e. The number of benzene rings is 1. The van der Waals surface area contributed by atoms with E-state index in [1.807, 2.05) is 38.1 Å². The molecule has 1 aromatic carbocycles. The number of para-hydroxylation sites is 1. The van der Waals surface area contributed by atoms with Crippen LogP contribution >= 0.6 is 0 Å². The number of aryl methyl sites for hydroxylation is 1. The van der Waals surface area contributed by atoms with Crippen molar-refractivity contribution in [1.29, 1.82) is 0 Å². The number of anilines is 1. The number of carbonyl (C=O) groups is 1. The zero-order valence-corrected chi connectivity index (χ0v) is 10.9. The van der Waals surface area contributed by atoms with Crippen molar-refractivity contribution >= 4 is 11.6 Å². The molecule has 2 unspecified atom stereocenters. The summed E-state index contributed by atoms with van der Waals surface area (Å²) in [6.07, 6.45) is 0.465. The van der Waals surface area contributed by atoms with Gasteiger partial charge in [-0.25, -0.2) is 0 Å². The lowest BCUT2D eigenvalue weighted by Crippen LogP contribution is -2.59. The molecule has 0 bridgehead atoms. The van der Waals surface area contributed by atoms with Gasteiger partial charge in [-0.05, 0) is 31.9 Å². The van der Waals surface area contributed by atoms with E-state index >= 15 is 0 Å². The minimum absolute atomic E-state index is 0.00560. The Labute approximate surface area is 108 Å². The van der Waals surface area contributed by atoms with Gasteiger partial charge in [0.1, 0.15) is 6.04 Å². The molecule has 0 saturated carbocycles. The molecule has 2 atom stereocenters. The maximum absolute atomic E-state index is 12.0. The smallest absolute Gasteiger partial charge is 0.243 e. The van der Waals surface area contributed by atoms with Gasteiger partial charge in [0.2, 0.25) is 5.91 Å². The van der Waals surface area contributed by atoms with Gasteiger partial charge < -0.3 is 15.3 Å². The van der Waals surface area contributed by atoms with Crippen LogP contribution in [0.25, 0.3) is 0 Å². The van der Waals surface area contributed by atoms with E-state index in [-0.39, 0.29) is 24.6 Å². The Morgan fingerprint density at radius 3 is 2.83 bits per heavy atom. The summed E-state index contributed by atoms with van der Waals surface area (Å²) in [4.78, 5) is 14.1. The Hall–Kier alpha value is -1.55. The lowest BCUT2D eigenvalue weighted by Gasteiger charge is -2.40. The molecule has 98 valence electrons. The minimum atomic E-state index is -0.271. The van der Waals surface area contributed by atoms with Crippen LogP contribution in [0, 0.1) is 6.92 Å². The van der Waals surface area contributed by atoms with Crippen LogP contribution in [0.5, 0.6) is 0 Å². The number of aliphatic hydroxyl groups excluding tert-OH is 1. The number of nitrogens with zero attached hydrogens (tertiary/aromatic N) is 1. The first-order valence-corrected chi connectivity index (χ1v) is 6.37. The molecule has 1 aliphatic heterocycles. The third-order valence-electron chi connectivity index (χ3n) is 3.37. The molecule has 4 heteroatoms. The second kappa shape index (κ2) is 5.40. The Morgan fingerprint density at radius 2 is 2.17 bits per heavy atom. The van der Waals surface area contributed by atoms with Gasteiger partial charge in [-0.1, -0.05) is 18.2 Å². The second-order valence-corrected chi connectivity index (χ2v) is 4.88. The standard InChI is InChI=1S/C14H20N2O2/c1-10-5-3-4-6-12(10)16-9-11(2)15-14(18)13(16)7-8-17/h3-6,11,13,17H,7-9H2,1-2H3,(H,15,18). The molecule has 1 aliphatic rings. The van der Waals surface area contributed by atoms with Crippen LogP contribution in [-0.4, -0.2) is 36.2 Å². The van der Waals surface area contributed by atoms with Gasteiger partial charge in [-0.2, -0.15) is 0 Å². The Balaban J connectivity index is 2.32. The average molecular weight is 248 g/mol. The van der Waals surface area contributed by atoms with E-state index in [4.69, 9.17) is 5.11 Å². The molecule has 1 aromatic rings. The van der Waals surface area contributed by atoms with Crippen molar-refractivity contribution in [1.82, 2.24) is 5.32 Å². The number of rotatable bonds is 3. The van der Waals surface area contributed by atoms with Gasteiger partial charge in [0.05, 0.1) is 0 Å². The molecule has 0 aromatic heterocycles. The first-order valence-electron chi connectivity index (χ1n) is 6.37. The van der Waals surface area contributed by atoms with Crippen LogP contribution in [0.4, 0.5) is 5.69 Å². The molecular formula is C14H20N2O2. The van der Waals surface area contributed by atoms with Crippen LogP contribution in [0.15, 0.2) is 24.3 Å². The van der Waals surface area contributed by atoms with E-state index in [0.717, 1.165) is 17.8 Å². The number of hydrogen-bond donors (Lipinski definition) is 2. The monoisotopic (exact) mass is 248 g/mol. The number of nitrogens with one attached hydrogen (secondary N) is 1. The van der Waals surface area contributed by atoms with Gasteiger partial charge in [0, 0.05) is 24.9 Å². The van der Waals surface area contributed by atoms with Crippen molar-refractivity contribution in [3.63, 3.8) is 0 Å². The Kier molecular flexibility index (Phi) is 3.87. The summed E-state index contributed by atoms with van der Waals surface area (Å²) in [7, 11) is 0. The summed E-state index contributed by atoms with van der Waals surface area (Å²) >= 11 is 0. The topological polar surface area (TPSA) is 52.6 Å². The van der Waals surface area contributed by atoms with Crippen molar-refractivity contribution < 1.29 is 9.90 Å². The summed E-state index contributed by atoms with van der Waals surface area (Å²) in [5.41, 5.74) is 2.24. The van der Waals surface area contributed by atoms with E-state index in [2.05, 4.69) is 10.2 Å². The molecule has 0 spiro atoms. The molecule has 1 heterocycles. The van der Waals surface area contributed by atoms with Crippen LogP contribution in [0.1, 0.15) is 18.9 Å². The summed E-state index contributed by atoms with van der Waals surface area (Å²) < 4.78 is 0. The summed E-state index contributed by atoms with van der Waals surface area (Å²) in [5, 5.41) is 12.1. The molecule has 0 aliphatic carbocycles. The van der Waals surface area contributed by atoms with Crippen molar-refractivity contribution in [2.75, 3.05) is 18.1 Å². The van der Waals surface area contributed by atoms with Crippen molar-refractivity contribution in [2.45, 2.75) is 32.4 Å². The predicted molar refractivity (Wildman–Crippen MR) is 71.6 cm³/mol. The average Bonchev–Trinajstić information content (AvgIpc) is 2.33. The number of aliphatic hydroxyl groups is 1. The molecule has 1 fully saturated rings. The maximum atomic E-state index is 12.0. The molecule has 1 amide bonds. The molecule has 2 rings (SSSR count). The lowest BCUT2D eigenvalue weighted by molar-refractivity contribution is -0.124. The van der Waals surface area contributed by atoms with E-state index in [9.17, 15) is 4.79 Å². The largest absolute Gasteiger partial charge is 0.396 e. The highest BCUT2D eigenvalue weighted by molar-refractivity contribution is 5.87. The van der Waals surface area contributed by atoms with Gasteiger partial charge in [0.15, 0.2) is 0 Å². The highest BCUT2D eigenvalue weighted by atomic mass is 16.3. The minimum Gasteiger partial charge on any atom is -0.396 e. The van der Waals surface area contributed by atoms with E-state index < -0.39 is 0 Å². The highest BCUT2D eigenvalue weighted by Crippen LogP contribution is 2.25. The van der Waals surface area contributed by atoms with Crippen molar-refractivity contribution in [2.24, 2.45) is 0 Å². The molecular weight excluding hydrogens is 228 g/mol. The van der Waals surface area contributed by atoms with Crippen LogP contribution in [0.2, 0.25) is 0 Å². The van der Waals surface area contributed by atoms with Crippen molar-refractivity contribution in [3.8, 4) is 0 Å².